The second-order valence-corrected chi connectivity index (χ2v) is 6.26. The largest absolute Gasteiger partial charge is 0.396 e. The van der Waals surface area contributed by atoms with E-state index < -0.39 is 0 Å². The number of aliphatic hydroxyl groups is 1. The SMILES string of the molecule is CC(CO)CCCN1C(=O)C2C3C=CC(C3)C2C1=O. The second kappa shape index (κ2) is 4.75. The van der Waals surface area contributed by atoms with Crippen LogP contribution in [0.15, 0.2) is 12.2 Å². The van der Waals surface area contributed by atoms with Gasteiger partial charge in [-0.3, -0.25) is 14.5 Å². The Morgan fingerprint density at radius 1 is 1.26 bits per heavy atom. The van der Waals surface area contributed by atoms with Crippen molar-refractivity contribution in [2.45, 2.75) is 26.2 Å². The molecule has 4 heteroatoms. The van der Waals surface area contributed by atoms with Crippen LogP contribution in [0, 0.1) is 29.6 Å². The summed E-state index contributed by atoms with van der Waals surface area (Å²) in [4.78, 5) is 26.2. The van der Waals surface area contributed by atoms with Crippen LogP contribution in [0.25, 0.3) is 0 Å². The van der Waals surface area contributed by atoms with Crippen LogP contribution < -0.4 is 0 Å². The number of carbonyl (C=O) groups excluding carboxylic acids is 2. The molecule has 1 aliphatic heterocycles. The second-order valence-electron chi connectivity index (χ2n) is 6.26. The minimum Gasteiger partial charge on any atom is -0.396 e. The van der Waals surface area contributed by atoms with Gasteiger partial charge >= 0.3 is 0 Å². The molecule has 0 radical (unpaired) electrons. The van der Waals surface area contributed by atoms with Crippen molar-refractivity contribution < 1.29 is 14.7 Å². The highest BCUT2D eigenvalue weighted by molar-refractivity contribution is 6.06. The number of hydrogen-bond donors (Lipinski definition) is 1. The van der Waals surface area contributed by atoms with Gasteiger partial charge in [-0.1, -0.05) is 19.1 Å². The summed E-state index contributed by atoms with van der Waals surface area (Å²) >= 11 is 0. The molecule has 2 aliphatic carbocycles. The van der Waals surface area contributed by atoms with Crippen molar-refractivity contribution in [1.29, 1.82) is 0 Å². The highest BCUT2D eigenvalue weighted by Crippen LogP contribution is 2.52. The molecule has 5 unspecified atom stereocenters. The molecule has 1 saturated heterocycles. The first-order valence-corrected chi connectivity index (χ1v) is 7.28. The van der Waals surface area contributed by atoms with Crippen molar-refractivity contribution in [3.8, 4) is 0 Å². The van der Waals surface area contributed by atoms with Crippen LogP contribution in [-0.4, -0.2) is 35.0 Å². The summed E-state index contributed by atoms with van der Waals surface area (Å²) in [6, 6.07) is 0. The normalized spacial score (nSPS) is 37.3. The van der Waals surface area contributed by atoms with Crippen LogP contribution in [0.5, 0.6) is 0 Å². The van der Waals surface area contributed by atoms with E-state index in [0.29, 0.717) is 18.4 Å². The van der Waals surface area contributed by atoms with Gasteiger partial charge in [-0.05, 0) is 37.0 Å². The zero-order chi connectivity index (χ0) is 13.6. The number of rotatable bonds is 5. The molecule has 0 aromatic heterocycles. The molecule has 1 heterocycles. The maximum absolute atomic E-state index is 12.4. The number of amides is 2. The van der Waals surface area contributed by atoms with E-state index in [1.807, 2.05) is 6.92 Å². The van der Waals surface area contributed by atoms with Gasteiger partial charge in [-0.15, -0.1) is 0 Å². The monoisotopic (exact) mass is 263 g/mol. The van der Waals surface area contributed by atoms with E-state index in [4.69, 9.17) is 5.11 Å². The molecule has 2 amide bonds. The molecule has 19 heavy (non-hydrogen) atoms. The summed E-state index contributed by atoms with van der Waals surface area (Å²) in [5.74, 6) is 0.785. The van der Waals surface area contributed by atoms with Crippen molar-refractivity contribution in [2.75, 3.05) is 13.2 Å². The van der Waals surface area contributed by atoms with E-state index in [-0.39, 0.29) is 36.2 Å². The third-order valence-electron chi connectivity index (χ3n) is 4.95. The van der Waals surface area contributed by atoms with Gasteiger partial charge in [-0.2, -0.15) is 0 Å². The predicted molar refractivity (Wildman–Crippen MR) is 69.9 cm³/mol. The molecule has 3 rings (SSSR count). The zero-order valence-corrected chi connectivity index (χ0v) is 11.3. The van der Waals surface area contributed by atoms with Gasteiger partial charge in [0.2, 0.25) is 11.8 Å². The van der Waals surface area contributed by atoms with Crippen LogP contribution in [0.2, 0.25) is 0 Å². The summed E-state index contributed by atoms with van der Waals surface area (Å²) in [6.45, 7) is 2.67. The van der Waals surface area contributed by atoms with Gasteiger partial charge in [0.15, 0.2) is 0 Å². The number of allylic oxidation sites excluding steroid dienone is 2. The molecule has 2 bridgehead atoms. The summed E-state index contributed by atoms with van der Waals surface area (Å²) < 4.78 is 0. The zero-order valence-electron chi connectivity index (χ0n) is 11.3. The van der Waals surface area contributed by atoms with E-state index in [9.17, 15) is 9.59 Å². The Labute approximate surface area is 113 Å². The molecule has 104 valence electrons. The summed E-state index contributed by atoms with van der Waals surface area (Å²) in [5.41, 5.74) is 0. The van der Waals surface area contributed by atoms with Gasteiger partial charge in [0, 0.05) is 13.2 Å². The molecule has 3 aliphatic rings. The highest BCUT2D eigenvalue weighted by atomic mass is 16.3. The Morgan fingerprint density at radius 2 is 1.84 bits per heavy atom. The van der Waals surface area contributed by atoms with Crippen LogP contribution >= 0.6 is 0 Å². The molecular formula is C15H21NO3. The minimum atomic E-state index is -0.0715. The average Bonchev–Trinajstić information content (AvgIpc) is 3.07. The smallest absolute Gasteiger partial charge is 0.233 e. The number of likely N-dealkylation sites (tertiary alicyclic amines) is 1. The van der Waals surface area contributed by atoms with Crippen molar-refractivity contribution in [3.63, 3.8) is 0 Å². The lowest BCUT2D eigenvalue weighted by Crippen LogP contribution is -2.34. The fourth-order valence-electron chi connectivity index (χ4n) is 3.87. The number of nitrogens with zero attached hydrogens (tertiary/aromatic N) is 1. The lowest BCUT2D eigenvalue weighted by Gasteiger charge is -2.17. The number of carbonyl (C=O) groups is 2. The third kappa shape index (κ3) is 1.93. The van der Waals surface area contributed by atoms with E-state index in [1.165, 1.54) is 4.90 Å². The van der Waals surface area contributed by atoms with Crippen molar-refractivity contribution >= 4 is 11.8 Å². The maximum Gasteiger partial charge on any atom is 0.233 e. The molecule has 2 fully saturated rings. The fourth-order valence-corrected chi connectivity index (χ4v) is 3.87. The van der Waals surface area contributed by atoms with E-state index in [1.54, 1.807) is 0 Å². The van der Waals surface area contributed by atoms with Crippen LogP contribution in [-0.2, 0) is 9.59 Å². The number of aliphatic hydroxyl groups excluding tert-OH is 1. The van der Waals surface area contributed by atoms with Crippen molar-refractivity contribution in [2.24, 2.45) is 29.6 Å². The maximum atomic E-state index is 12.4. The van der Waals surface area contributed by atoms with Crippen LogP contribution in [0.3, 0.4) is 0 Å². The molecule has 1 saturated carbocycles. The van der Waals surface area contributed by atoms with E-state index >= 15 is 0 Å². The van der Waals surface area contributed by atoms with Crippen molar-refractivity contribution in [1.82, 2.24) is 4.90 Å². The summed E-state index contributed by atoms with van der Waals surface area (Å²) in [6.07, 6.45) is 6.88. The number of imide groups is 1. The first-order valence-electron chi connectivity index (χ1n) is 7.28. The Balaban J connectivity index is 1.63. The molecule has 4 nitrogen and oxygen atoms in total. The van der Waals surface area contributed by atoms with E-state index in [0.717, 1.165) is 19.3 Å². The first-order chi connectivity index (χ1) is 9.13. The Bertz CT molecular complexity index is 401. The molecule has 5 atom stereocenters. The Hall–Kier alpha value is -1.16. The van der Waals surface area contributed by atoms with Gasteiger partial charge in [0.05, 0.1) is 11.8 Å². The fraction of sp³-hybridized carbons (Fsp3) is 0.733. The summed E-state index contributed by atoms with van der Waals surface area (Å²) in [7, 11) is 0. The molecular weight excluding hydrogens is 242 g/mol. The van der Waals surface area contributed by atoms with Gasteiger partial charge < -0.3 is 5.11 Å². The predicted octanol–water partition coefficient (Wildman–Crippen LogP) is 1.20. The van der Waals surface area contributed by atoms with Crippen LogP contribution in [0.4, 0.5) is 0 Å². The Morgan fingerprint density at radius 3 is 2.37 bits per heavy atom. The van der Waals surface area contributed by atoms with Gasteiger partial charge in [0.1, 0.15) is 0 Å². The quantitative estimate of drug-likeness (QED) is 0.599. The molecule has 0 aromatic rings. The summed E-state index contributed by atoms with van der Waals surface area (Å²) in [5, 5.41) is 8.98. The Kier molecular flexibility index (Phi) is 3.21. The topological polar surface area (TPSA) is 57.6 Å². The van der Waals surface area contributed by atoms with Gasteiger partial charge in [-0.25, -0.2) is 0 Å². The van der Waals surface area contributed by atoms with E-state index in [2.05, 4.69) is 12.2 Å². The minimum absolute atomic E-state index is 0.0449. The third-order valence-corrected chi connectivity index (χ3v) is 4.95. The lowest BCUT2D eigenvalue weighted by molar-refractivity contribution is -0.140. The van der Waals surface area contributed by atoms with Crippen LogP contribution in [0.1, 0.15) is 26.2 Å². The van der Waals surface area contributed by atoms with Crippen molar-refractivity contribution in [3.05, 3.63) is 12.2 Å². The van der Waals surface area contributed by atoms with Gasteiger partial charge in [0.25, 0.3) is 0 Å². The highest BCUT2D eigenvalue weighted by Gasteiger charge is 2.58. The molecule has 1 N–H and O–H groups in total. The molecule has 0 aromatic carbocycles. The molecule has 0 spiro atoms. The lowest BCUT2D eigenvalue weighted by atomic mass is 9.85. The number of fused-ring (bicyclic) bond motifs is 5. The first kappa shape index (κ1) is 12.9. The standard InChI is InChI=1S/C15H21NO3/c1-9(8-17)3-2-6-16-14(18)12-10-4-5-11(7-10)13(12)15(16)19/h4-5,9-13,17H,2-3,6-8H2,1H3. The number of hydrogen-bond acceptors (Lipinski definition) is 3. The average molecular weight is 263 g/mol.